The van der Waals surface area contributed by atoms with Gasteiger partial charge in [-0.2, -0.15) is 4.99 Å². The molecule has 0 bridgehead atoms. The van der Waals surface area contributed by atoms with Crippen molar-refractivity contribution in [2.45, 2.75) is 33.4 Å². The molecular formula is C15H23N5O. The predicted octanol–water partition coefficient (Wildman–Crippen LogP) is 1.91. The van der Waals surface area contributed by atoms with Gasteiger partial charge in [0.2, 0.25) is 11.9 Å². The van der Waals surface area contributed by atoms with Crippen LogP contribution in [0.1, 0.15) is 27.7 Å². The van der Waals surface area contributed by atoms with E-state index in [1.807, 2.05) is 43.0 Å². The Bertz CT molecular complexity index is 560. The highest BCUT2D eigenvalue weighted by Gasteiger charge is 2.32. The fourth-order valence-electron chi connectivity index (χ4n) is 2.21. The van der Waals surface area contributed by atoms with Crippen molar-refractivity contribution in [1.29, 1.82) is 0 Å². The van der Waals surface area contributed by atoms with Crippen LogP contribution in [0.15, 0.2) is 34.3 Å². The fraction of sp³-hybridized carbons (Fsp3) is 0.467. The Hall–Kier alpha value is -2.24. The van der Waals surface area contributed by atoms with Gasteiger partial charge in [-0.1, -0.05) is 13.8 Å². The first-order chi connectivity index (χ1) is 9.79. The second-order valence-electron chi connectivity index (χ2n) is 5.97. The molecule has 114 valence electrons. The van der Waals surface area contributed by atoms with Crippen molar-refractivity contribution in [1.82, 2.24) is 0 Å². The summed E-state index contributed by atoms with van der Waals surface area (Å²) in [7, 11) is 0. The molecule has 1 aliphatic heterocycles. The second kappa shape index (κ2) is 5.63. The van der Waals surface area contributed by atoms with E-state index in [-0.39, 0.29) is 5.96 Å². The third-order valence-corrected chi connectivity index (χ3v) is 3.07. The van der Waals surface area contributed by atoms with Crippen LogP contribution in [0.25, 0.3) is 0 Å². The molecule has 0 spiro atoms. The van der Waals surface area contributed by atoms with E-state index >= 15 is 0 Å². The largest absolute Gasteiger partial charge is 0.493 e. The number of rotatable bonds is 4. The minimum Gasteiger partial charge on any atom is -0.493 e. The summed E-state index contributed by atoms with van der Waals surface area (Å²) in [6, 6.07) is 7.72. The number of nitrogens with two attached hydrogens (primary N) is 2. The van der Waals surface area contributed by atoms with E-state index in [1.54, 1.807) is 0 Å². The zero-order valence-electron chi connectivity index (χ0n) is 13.0. The monoisotopic (exact) mass is 289 g/mol. The zero-order valence-corrected chi connectivity index (χ0v) is 13.0. The van der Waals surface area contributed by atoms with Gasteiger partial charge in [-0.15, -0.1) is 0 Å². The molecule has 1 heterocycles. The van der Waals surface area contributed by atoms with Crippen molar-refractivity contribution < 1.29 is 4.74 Å². The highest BCUT2D eigenvalue weighted by Crippen LogP contribution is 2.28. The Kier molecular flexibility index (Phi) is 4.06. The van der Waals surface area contributed by atoms with Gasteiger partial charge in [-0.3, -0.25) is 4.90 Å². The van der Waals surface area contributed by atoms with Crippen LogP contribution in [0.2, 0.25) is 0 Å². The Labute approximate surface area is 125 Å². The molecule has 0 saturated carbocycles. The number of hydrogen-bond donors (Lipinski definition) is 2. The molecule has 0 aliphatic carbocycles. The summed E-state index contributed by atoms with van der Waals surface area (Å²) in [5, 5.41) is 0. The van der Waals surface area contributed by atoms with Crippen LogP contribution in [-0.4, -0.2) is 24.2 Å². The van der Waals surface area contributed by atoms with Crippen LogP contribution in [0, 0.1) is 5.92 Å². The quantitative estimate of drug-likeness (QED) is 0.886. The Balaban J connectivity index is 2.20. The number of benzene rings is 1. The van der Waals surface area contributed by atoms with Crippen LogP contribution in [0.5, 0.6) is 5.75 Å². The van der Waals surface area contributed by atoms with Gasteiger partial charge in [0, 0.05) is 5.69 Å². The molecule has 0 aromatic heterocycles. The summed E-state index contributed by atoms with van der Waals surface area (Å²) in [4.78, 5) is 10.2. The topological polar surface area (TPSA) is 89.2 Å². The summed E-state index contributed by atoms with van der Waals surface area (Å²) in [5.41, 5.74) is 12.0. The van der Waals surface area contributed by atoms with E-state index < -0.39 is 5.66 Å². The van der Waals surface area contributed by atoms with Gasteiger partial charge in [0.15, 0.2) is 0 Å². The number of ether oxygens (including phenoxy) is 1. The number of aliphatic imine (C=N–C) groups is 2. The van der Waals surface area contributed by atoms with E-state index in [9.17, 15) is 0 Å². The van der Waals surface area contributed by atoms with Gasteiger partial charge in [-0.25, -0.2) is 4.99 Å². The summed E-state index contributed by atoms with van der Waals surface area (Å²) in [6.45, 7) is 8.79. The van der Waals surface area contributed by atoms with E-state index in [1.165, 1.54) is 0 Å². The van der Waals surface area contributed by atoms with Crippen molar-refractivity contribution in [2.24, 2.45) is 27.4 Å². The number of guanidine groups is 2. The molecule has 4 N–H and O–H groups in total. The van der Waals surface area contributed by atoms with Gasteiger partial charge in [0.1, 0.15) is 11.4 Å². The molecule has 2 rings (SSSR count). The standard InChI is InChI=1S/C15H23N5O/c1-10(2)9-21-12-7-5-11(6-8-12)20-14(17)18-13(16)19-15(20,3)4/h5-8,10H,9H2,1-4H3,(H4,16,17,18,19). The lowest BCUT2D eigenvalue weighted by Crippen LogP contribution is -2.54. The van der Waals surface area contributed by atoms with E-state index in [4.69, 9.17) is 16.2 Å². The number of anilines is 1. The van der Waals surface area contributed by atoms with Crippen molar-refractivity contribution in [3.63, 3.8) is 0 Å². The Morgan fingerprint density at radius 3 is 2.33 bits per heavy atom. The fourth-order valence-corrected chi connectivity index (χ4v) is 2.21. The highest BCUT2D eigenvalue weighted by molar-refractivity contribution is 6.05. The summed E-state index contributed by atoms with van der Waals surface area (Å²) < 4.78 is 5.68. The predicted molar refractivity (Wildman–Crippen MR) is 86.6 cm³/mol. The molecule has 6 heteroatoms. The molecule has 0 saturated heterocycles. The lowest BCUT2D eigenvalue weighted by molar-refractivity contribution is 0.271. The minimum absolute atomic E-state index is 0.200. The first-order valence-corrected chi connectivity index (χ1v) is 7.02. The molecule has 1 aliphatic rings. The molecule has 0 atom stereocenters. The van der Waals surface area contributed by atoms with Crippen molar-refractivity contribution in [3.05, 3.63) is 24.3 Å². The normalized spacial score (nSPS) is 17.5. The molecular weight excluding hydrogens is 266 g/mol. The van der Waals surface area contributed by atoms with Gasteiger partial charge >= 0.3 is 0 Å². The first kappa shape index (κ1) is 15.2. The van der Waals surface area contributed by atoms with Crippen LogP contribution in [-0.2, 0) is 0 Å². The van der Waals surface area contributed by atoms with E-state index in [0.29, 0.717) is 18.5 Å². The Morgan fingerprint density at radius 1 is 1.19 bits per heavy atom. The number of hydrogen-bond acceptors (Lipinski definition) is 6. The van der Waals surface area contributed by atoms with Gasteiger partial charge < -0.3 is 16.2 Å². The van der Waals surface area contributed by atoms with E-state index in [2.05, 4.69) is 23.8 Å². The van der Waals surface area contributed by atoms with E-state index in [0.717, 1.165) is 11.4 Å². The second-order valence-corrected chi connectivity index (χ2v) is 5.97. The van der Waals surface area contributed by atoms with Crippen LogP contribution in [0.3, 0.4) is 0 Å². The van der Waals surface area contributed by atoms with Gasteiger partial charge in [-0.05, 0) is 44.0 Å². The first-order valence-electron chi connectivity index (χ1n) is 7.02. The molecule has 0 amide bonds. The minimum atomic E-state index is -0.573. The van der Waals surface area contributed by atoms with Crippen molar-refractivity contribution >= 4 is 17.6 Å². The van der Waals surface area contributed by atoms with Gasteiger partial charge in [0.25, 0.3) is 0 Å². The zero-order chi connectivity index (χ0) is 15.6. The molecule has 21 heavy (non-hydrogen) atoms. The maximum absolute atomic E-state index is 6.00. The maximum atomic E-state index is 6.00. The summed E-state index contributed by atoms with van der Waals surface area (Å²) in [6.07, 6.45) is 0. The van der Waals surface area contributed by atoms with Crippen LogP contribution >= 0.6 is 0 Å². The van der Waals surface area contributed by atoms with Crippen molar-refractivity contribution in [2.75, 3.05) is 11.5 Å². The molecule has 0 unspecified atom stereocenters. The van der Waals surface area contributed by atoms with Crippen LogP contribution in [0.4, 0.5) is 5.69 Å². The van der Waals surface area contributed by atoms with Crippen LogP contribution < -0.4 is 21.1 Å². The summed E-state index contributed by atoms with van der Waals surface area (Å²) >= 11 is 0. The third-order valence-electron chi connectivity index (χ3n) is 3.07. The molecule has 0 fully saturated rings. The SMILES string of the molecule is CC(C)COc1ccc(N2C(N)=NC(N)=NC2(C)C)cc1. The lowest BCUT2D eigenvalue weighted by atomic mass is 10.1. The smallest absolute Gasteiger partial charge is 0.220 e. The lowest BCUT2D eigenvalue weighted by Gasteiger charge is -2.38. The van der Waals surface area contributed by atoms with Crippen molar-refractivity contribution in [3.8, 4) is 5.75 Å². The number of nitrogens with zero attached hydrogens (tertiary/aromatic N) is 3. The average molecular weight is 289 g/mol. The molecule has 0 radical (unpaired) electrons. The highest BCUT2D eigenvalue weighted by atomic mass is 16.5. The molecule has 1 aromatic rings. The molecule has 6 nitrogen and oxygen atoms in total. The third kappa shape index (κ3) is 3.45. The molecule has 1 aromatic carbocycles. The van der Waals surface area contributed by atoms with Gasteiger partial charge in [0.05, 0.1) is 6.61 Å². The maximum Gasteiger partial charge on any atom is 0.220 e. The summed E-state index contributed by atoms with van der Waals surface area (Å²) in [5.74, 6) is 1.86. The average Bonchev–Trinajstić information content (AvgIpc) is 2.35. The Morgan fingerprint density at radius 2 is 1.81 bits per heavy atom.